The van der Waals surface area contributed by atoms with Crippen LogP contribution in [0, 0.1) is 0 Å². The molecular formula is C23H31N7O4S. The third kappa shape index (κ3) is 6.01. The topological polar surface area (TPSA) is 128 Å². The number of benzene rings is 1. The smallest absolute Gasteiger partial charge is 0.278 e. The van der Waals surface area contributed by atoms with Crippen molar-refractivity contribution < 1.29 is 18.0 Å². The second-order valence-corrected chi connectivity index (χ2v) is 10.8. The van der Waals surface area contributed by atoms with Crippen molar-refractivity contribution in [2.24, 2.45) is 5.10 Å². The summed E-state index contributed by atoms with van der Waals surface area (Å²) in [6, 6.07) is 7.41. The number of hydrazone groups is 1. The number of amides is 1. The van der Waals surface area contributed by atoms with Gasteiger partial charge < -0.3 is 10.6 Å². The quantitative estimate of drug-likeness (QED) is 0.424. The van der Waals surface area contributed by atoms with Crippen LogP contribution >= 0.6 is 0 Å². The normalized spacial score (nSPS) is 17.4. The minimum atomic E-state index is -3.51. The standard InChI is InChI=1S/C23H31N7O4S/c1-5-34-28-23(31)18-13-24-22(26-17-12-25-29(2)14-17)11-20(18)27-19-9-8-16(15-6-7-15)10-21(19)30(3)35(4,32)33/h8-13,15,17H,5-7,14H2,1-4H3,(H,28,31)(H2,24,26,27). The number of anilines is 4. The Kier molecular flexibility index (Phi) is 7.13. The van der Waals surface area contributed by atoms with E-state index in [-0.39, 0.29) is 11.6 Å². The minimum absolute atomic E-state index is 0.0341. The fraction of sp³-hybridized carbons (Fsp3) is 0.435. The Morgan fingerprint density at radius 1 is 1.26 bits per heavy atom. The van der Waals surface area contributed by atoms with Gasteiger partial charge in [-0.25, -0.2) is 18.9 Å². The van der Waals surface area contributed by atoms with E-state index >= 15 is 0 Å². The first kappa shape index (κ1) is 24.7. The molecule has 4 rings (SSSR count). The zero-order chi connectivity index (χ0) is 25.2. The summed E-state index contributed by atoms with van der Waals surface area (Å²) >= 11 is 0. The lowest BCUT2D eigenvalue weighted by Gasteiger charge is -2.23. The molecule has 2 heterocycles. The predicted molar refractivity (Wildman–Crippen MR) is 137 cm³/mol. The minimum Gasteiger partial charge on any atom is -0.360 e. The highest BCUT2D eigenvalue weighted by molar-refractivity contribution is 7.92. The first-order valence-corrected chi connectivity index (χ1v) is 13.3. The summed E-state index contributed by atoms with van der Waals surface area (Å²) in [7, 11) is -0.112. The van der Waals surface area contributed by atoms with Crippen LogP contribution in [-0.2, 0) is 14.9 Å². The van der Waals surface area contributed by atoms with Gasteiger partial charge in [0.25, 0.3) is 5.91 Å². The van der Waals surface area contributed by atoms with E-state index in [2.05, 4.69) is 26.2 Å². The number of sulfonamides is 1. The molecule has 1 saturated carbocycles. The number of rotatable bonds is 10. The number of aromatic nitrogens is 1. The van der Waals surface area contributed by atoms with Crippen LogP contribution in [0.25, 0.3) is 0 Å². The number of hydrogen-bond donors (Lipinski definition) is 3. The molecule has 1 fully saturated rings. The van der Waals surface area contributed by atoms with E-state index in [0.29, 0.717) is 41.9 Å². The van der Waals surface area contributed by atoms with Crippen LogP contribution in [0.15, 0.2) is 35.6 Å². The molecule has 1 aromatic heterocycles. The number of pyridine rings is 1. The number of carbonyl (C=O) groups is 1. The predicted octanol–water partition coefficient (Wildman–Crippen LogP) is 2.49. The molecule has 2 aliphatic rings. The van der Waals surface area contributed by atoms with Crippen LogP contribution in [0.1, 0.15) is 41.6 Å². The van der Waals surface area contributed by atoms with E-state index in [0.717, 1.165) is 24.7 Å². The van der Waals surface area contributed by atoms with E-state index < -0.39 is 15.9 Å². The summed E-state index contributed by atoms with van der Waals surface area (Å²) in [6.45, 7) is 2.75. The van der Waals surface area contributed by atoms with Crippen molar-refractivity contribution >= 4 is 45.0 Å². The van der Waals surface area contributed by atoms with Crippen LogP contribution in [0.4, 0.5) is 22.9 Å². The highest BCUT2D eigenvalue weighted by atomic mass is 32.2. The van der Waals surface area contributed by atoms with Crippen molar-refractivity contribution in [1.82, 2.24) is 15.5 Å². The molecule has 11 nitrogen and oxygen atoms in total. The summed E-state index contributed by atoms with van der Waals surface area (Å²) in [5, 5.41) is 12.6. The molecule has 188 valence electrons. The number of hydrogen-bond acceptors (Lipinski definition) is 9. The monoisotopic (exact) mass is 501 g/mol. The summed E-state index contributed by atoms with van der Waals surface area (Å²) < 4.78 is 26.0. The van der Waals surface area contributed by atoms with Crippen molar-refractivity contribution in [2.45, 2.75) is 31.7 Å². The van der Waals surface area contributed by atoms with Gasteiger partial charge in [-0.1, -0.05) is 6.07 Å². The lowest BCUT2D eigenvalue weighted by Crippen LogP contribution is -2.28. The highest BCUT2D eigenvalue weighted by Crippen LogP contribution is 2.43. The fourth-order valence-corrected chi connectivity index (χ4v) is 4.28. The zero-order valence-corrected chi connectivity index (χ0v) is 21.1. The van der Waals surface area contributed by atoms with Crippen LogP contribution in [0.2, 0.25) is 0 Å². The number of nitrogens with zero attached hydrogens (tertiary/aromatic N) is 4. The Morgan fingerprint density at radius 3 is 2.66 bits per heavy atom. The maximum absolute atomic E-state index is 12.8. The third-order valence-electron chi connectivity index (χ3n) is 5.87. The molecule has 0 bridgehead atoms. The summed E-state index contributed by atoms with van der Waals surface area (Å²) in [4.78, 5) is 22.2. The third-order valence-corrected chi connectivity index (χ3v) is 7.06. The Morgan fingerprint density at radius 2 is 2.03 bits per heavy atom. The van der Waals surface area contributed by atoms with Gasteiger partial charge in [-0.2, -0.15) is 5.10 Å². The van der Waals surface area contributed by atoms with Gasteiger partial charge in [-0.3, -0.25) is 18.9 Å². The van der Waals surface area contributed by atoms with Gasteiger partial charge >= 0.3 is 0 Å². The molecule has 3 N–H and O–H groups in total. The molecule has 2 aromatic rings. The summed E-state index contributed by atoms with van der Waals surface area (Å²) in [5.41, 5.74) is 5.24. The molecule has 0 spiro atoms. The van der Waals surface area contributed by atoms with E-state index in [4.69, 9.17) is 4.84 Å². The molecule has 35 heavy (non-hydrogen) atoms. The lowest BCUT2D eigenvalue weighted by molar-refractivity contribution is 0.0365. The van der Waals surface area contributed by atoms with Crippen molar-refractivity contribution in [2.75, 3.05) is 48.4 Å². The van der Waals surface area contributed by atoms with Gasteiger partial charge in [0.05, 0.1) is 48.1 Å². The Labute approximate surface area is 205 Å². The van der Waals surface area contributed by atoms with Crippen LogP contribution in [0.5, 0.6) is 0 Å². The van der Waals surface area contributed by atoms with Crippen LogP contribution < -0.4 is 20.4 Å². The highest BCUT2D eigenvalue weighted by Gasteiger charge is 2.26. The van der Waals surface area contributed by atoms with Crippen molar-refractivity contribution in [1.29, 1.82) is 0 Å². The molecule has 1 unspecified atom stereocenters. The van der Waals surface area contributed by atoms with Gasteiger partial charge in [-0.05, 0) is 43.4 Å². The van der Waals surface area contributed by atoms with Gasteiger partial charge in [0.2, 0.25) is 10.0 Å². The molecule has 1 aliphatic heterocycles. The van der Waals surface area contributed by atoms with E-state index in [9.17, 15) is 13.2 Å². The molecule has 0 radical (unpaired) electrons. The average molecular weight is 502 g/mol. The van der Waals surface area contributed by atoms with E-state index in [1.54, 1.807) is 19.2 Å². The van der Waals surface area contributed by atoms with Crippen LogP contribution in [-0.4, -0.2) is 70.1 Å². The lowest BCUT2D eigenvalue weighted by atomic mass is 10.1. The SMILES string of the molecule is CCONC(=O)c1cnc(NC2C=NN(C)C2)cc1Nc1ccc(C2CC2)cc1N(C)S(C)(=O)=O. The van der Waals surface area contributed by atoms with Crippen molar-refractivity contribution in [3.05, 3.63) is 41.6 Å². The molecule has 1 atom stereocenters. The van der Waals surface area contributed by atoms with Gasteiger partial charge in [0.1, 0.15) is 5.82 Å². The molecule has 1 aliphatic carbocycles. The second kappa shape index (κ2) is 10.1. The van der Waals surface area contributed by atoms with E-state index in [1.165, 1.54) is 17.5 Å². The molecule has 1 amide bonds. The molecule has 12 heteroatoms. The molecule has 0 saturated heterocycles. The Balaban J connectivity index is 1.70. The van der Waals surface area contributed by atoms with Crippen LogP contribution in [0.3, 0.4) is 0 Å². The first-order valence-electron chi connectivity index (χ1n) is 11.4. The maximum atomic E-state index is 12.8. The Hall–Kier alpha value is -3.38. The number of hydroxylamine groups is 1. The maximum Gasteiger partial charge on any atom is 0.278 e. The van der Waals surface area contributed by atoms with Gasteiger partial charge in [0, 0.05) is 32.6 Å². The summed E-state index contributed by atoms with van der Waals surface area (Å²) in [6.07, 6.45) is 6.59. The fourth-order valence-electron chi connectivity index (χ4n) is 3.77. The molecule has 1 aromatic carbocycles. The summed E-state index contributed by atoms with van der Waals surface area (Å²) in [5.74, 6) is 0.522. The molecular weight excluding hydrogens is 470 g/mol. The van der Waals surface area contributed by atoms with Gasteiger partial charge in [0.15, 0.2) is 0 Å². The number of carbonyl (C=O) groups excluding carboxylic acids is 1. The number of likely N-dealkylation sites (N-methyl/N-ethyl adjacent to an activating group) is 1. The largest absolute Gasteiger partial charge is 0.360 e. The van der Waals surface area contributed by atoms with Crippen molar-refractivity contribution in [3.63, 3.8) is 0 Å². The van der Waals surface area contributed by atoms with E-state index in [1.807, 2.05) is 30.3 Å². The Bertz CT molecular complexity index is 1230. The first-order chi connectivity index (χ1) is 16.7. The number of nitrogens with one attached hydrogen (secondary N) is 3. The van der Waals surface area contributed by atoms with Gasteiger partial charge in [-0.15, -0.1) is 0 Å². The average Bonchev–Trinajstić information content (AvgIpc) is 3.59. The zero-order valence-electron chi connectivity index (χ0n) is 20.3. The van der Waals surface area contributed by atoms with Crippen molar-refractivity contribution in [3.8, 4) is 0 Å². The second-order valence-electron chi connectivity index (χ2n) is 8.74.